The van der Waals surface area contributed by atoms with Gasteiger partial charge in [-0.2, -0.15) is 0 Å². The molecule has 1 fully saturated rings. The fourth-order valence-electron chi connectivity index (χ4n) is 3.30. The highest BCUT2D eigenvalue weighted by atomic mass is 19.1. The van der Waals surface area contributed by atoms with Crippen LogP contribution >= 0.6 is 0 Å². The van der Waals surface area contributed by atoms with Gasteiger partial charge in [-0.15, -0.1) is 10.2 Å². The van der Waals surface area contributed by atoms with Crippen LogP contribution in [0.25, 0.3) is 0 Å². The molecule has 6 nitrogen and oxygen atoms in total. The first-order chi connectivity index (χ1) is 12.1. The fraction of sp³-hybridized carbons (Fsp3) is 0.500. The zero-order valence-electron chi connectivity index (χ0n) is 14.6. The number of anilines is 1. The number of rotatable bonds is 6. The molecule has 134 valence electrons. The third-order valence-electron chi connectivity index (χ3n) is 4.82. The summed E-state index contributed by atoms with van der Waals surface area (Å²) in [6.07, 6.45) is 6.55. The Labute approximate surface area is 146 Å². The summed E-state index contributed by atoms with van der Waals surface area (Å²) in [6, 6.07) is 5.01. The molecule has 1 aromatic carbocycles. The minimum Gasteiger partial charge on any atom is -0.325 e. The van der Waals surface area contributed by atoms with Crippen LogP contribution in [0.1, 0.15) is 56.1 Å². The van der Waals surface area contributed by atoms with Crippen molar-refractivity contribution in [1.29, 1.82) is 0 Å². The van der Waals surface area contributed by atoms with E-state index in [0.29, 0.717) is 17.3 Å². The maximum atomic E-state index is 13.5. The minimum absolute atomic E-state index is 0.0949. The largest absolute Gasteiger partial charge is 0.325 e. The van der Waals surface area contributed by atoms with E-state index in [9.17, 15) is 9.18 Å². The number of nitrogens with zero attached hydrogens (tertiary/aromatic N) is 3. The number of nitrogens with one attached hydrogen (secondary N) is 2. The Bertz CT molecular complexity index is 739. The molecule has 0 radical (unpaired) electrons. The van der Waals surface area contributed by atoms with Crippen molar-refractivity contribution in [1.82, 2.24) is 20.1 Å². The van der Waals surface area contributed by atoms with Crippen molar-refractivity contribution in [2.24, 2.45) is 0 Å². The van der Waals surface area contributed by atoms with Gasteiger partial charge in [0.15, 0.2) is 0 Å². The molecule has 1 aliphatic carbocycles. The summed E-state index contributed by atoms with van der Waals surface area (Å²) in [5.41, 5.74) is 0.929. The van der Waals surface area contributed by atoms with Crippen molar-refractivity contribution in [3.8, 4) is 0 Å². The molecule has 3 rings (SSSR count). The van der Waals surface area contributed by atoms with Crippen molar-refractivity contribution in [2.75, 3.05) is 11.9 Å². The SMILES string of the molecule is Cc1c(F)cccc1NC(=O)CN[C@H](C)c1nncn1C1CCCC1. The Kier molecular flexibility index (Phi) is 5.43. The van der Waals surface area contributed by atoms with E-state index in [4.69, 9.17) is 0 Å². The molecule has 0 unspecified atom stereocenters. The van der Waals surface area contributed by atoms with Crippen LogP contribution in [-0.2, 0) is 4.79 Å². The highest BCUT2D eigenvalue weighted by Gasteiger charge is 2.22. The molecule has 0 aliphatic heterocycles. The van der Waals surface area contributed by atoms with Crippen molar-refractivity contribution in [3.63, 3.8) is 0 Å². The van der Waals surface area contributed by atoms with E-state index >= 15 is 0 Å². The Hall–Kier alpha value is -2.28. The van der Waals surface area contributed by atoms with Crippen LogP contribution in [0.4, 0.5) is 10.1 Å². The van der Waals surface area contributed by atoms with Crippen molar-refractivity contribution in [2.45, 2.75) is 51.6 Å². The van der Waals surface area contributed by atoms with E-state index in [2.05, 4.69) is 25.4 Å². The van der Waals surface area contributed by atoms with Gasteiger partial charge in [-0.3, -0.25) is 10.1 Å². The number of carbonyl (C=O) groups excluding carboxylic acids is 1. The first kappa shape index (κ1) is 17.5. The van der Waals surface area contributed by atoms with E-state index in [1.165, 1.54) is 18.9 Å². The van der Waals surface area contributed by atoms with Gasteiger partial charge >= 0.3 is 0 Å². The number of carbonyl (C=O) groups is 1. The molecule has 1 aromatic heterocycles. The number of aromatic nitrogens is 3. The lowest BCUT2D eigenvalue weighted by Crippen LogP contribution is -2.32. The number of hydrogen-bond acceptors (Lipinski definition) is 4. The molecular formula is C18H24FN5O. The second-order valence-electron chi connectivity index (χ2n) is 6.60. The topological polar surface area (TPSA) is 71.8 Å². The van der Waals surface area contributed by atoms with E-state index in [1.54, 1.807) is 25.4 Å². The summed E-state index contributed by atoms with van der Waals surface area (Å²) < 4.78 is 15.7. The van der Waals surface area contributed by atoms with Crippen LogP contribution in [0.5, 0.6) is 0 Å². The molecule has 1 atom stereocenters. The Morgan fingerprint density at radius 2 is 2.16 bits per heavy atom. The number of benzene rings is 1. The molecule has 1 aliphatic rings. The predicted octanol–water partition coefficient (Wildman–Crippen LogP) is 3.13. The van der Waals surface area contributed by atoms with E-state index in [1.807, 2.05) is 6.92 Å². The van der Waals surface area contributed by atoms with Crippen LogP contribution in [0.15, 0.2) is 24.5 Å². The lowest BCUT2D eigenvalue weighted by atomic mass is 10.2. The zero-order chi connectivity index (χ0) is 17.8. The second-order valence-corrected chi connectivity index (χ2v) is 6.60. The standard InChI is InChI=1S/C18H24FN5O/c1-12-15(19)8-5-9-16(12)22-17(25)10-20-13(2)18-23-21-11-24(18)14-6-3-4-7-14/h5,8-9,11,13-14,20H,3-4,6-7,10H2,1-2H3,(H,22,25)/t13-/m1/s1. The molecule has 0 saturated heterocycles. The quantitative estimate of drug-likeness (QED) is 0.844. The molecule has 25 heavy (non-hydrogen) atoms. The summed E-state index contributed by atoms with van der Waals surface area (Å²) in [7, 11) is 0. The first-order valence-corrected chi connectivity index (χ1v) is 8.74. The van der Waals surface area contributed by atoms with Crippen molar-refractivity contribution in [3.05, 3.63) is 41.7 Å². The molecule has 7 heteroatoms. The summed E-state index contributed by atoms with van der Waals surface area (Å²) in [5.74, 6) is 0.304. The number of halogens is 1. The molecule has 2 aromatic rings. The van der Waals surface area contributed by atoms with Gasteiger partial charge in [0, 0.05) is 17.3 Å². The Balaban J connectivity index is 1.57. The van der Waals surface area contributed by atoms with Gasteiger partial charge in [0.1, 0.15) is 18.0 Å². The van der Waals surface area contributed by atoms with Gasteiger partial charge in [0.05, 0.1) is 12.6 Å². The van der Waals surface area contributed by atoms with Crippen molar-refractivity contribution >= 4 is 11.6 Å². The lowest BCUT2D eigenvalue weighted by molar-refractivity contribution is -0.115. The maximum absolute atomic E-state index is 13.5. The lowest BCUT2D eigenvalue weighted by Gasteiger charge is -2.18. The average molecular weight is 345 g/mol. The van der Waals surface area contributed by atoms with Gasteiger partial charge in [-0.1, -0.05) is 18.9 Å². The van der Waals surface area contributed by atoms with Gasteiger partial charge in [0.25, 0.3) is 0 Å². The normalized spacial score (nSPS) is 16.1. The zero-order valence-corrected chi connectivity index (χ0v) is 14.6. The van der Waals surface area contributed by atoms with E-state index in [-0.39, 0.29) is 24.3 Å². The average Bonchev–Trinajstić information content (AvgIpc) is 3.27. The molecule has 1 amide bonds. The molecular weight excluding hydrogens is 321 g/mol. The highest BCUT2D eigenvalue weighted by molar-refractivity contribution is 5.92. The van der Waals surface area contributed by atoms with Crippen LogP contribution in [-0.4, -0.2) is 27.2 Å². The second kappa shape index (κ2) is 7.74. The van der Waals surface area contributed by atoms with Crippen LogP contribution in [0.3, 0.4) is 0 Å². The first-order valence-electron chi connectivity index (χ1n) is 8.74. The van der Waals surface area contributed by atoms with Crippen molar-refractivity contribution < 1.29 is 9.18 Å². The highest BCUT2D eigenvalue weighted by Crippen LogP contribution is 2.31. The fourth-order valence-corrected chi connectivity index (χ4v) is 3.30. The van der Waals surface area contributed by atoms with E-state index < -0.39 is 0 Å². The van der Waals surface area contributed by atoms with Gasteiger partial charge < -0.3 is 9.88 Å². The summed E-state index contributed by atoms with van der Waals surface area (Å²) in [6.45, 7) is 3.73. The van der Waals surface area contributed by atoms with Crippen LogP contribution in [0.2, 0.25) is 0 Å². The monoisotopic (exact) mass is 345 g/mol. The van der Waals surface area contributed by atoms with Gasteiger partial charge in [-0.05, 0) is 38.8 Å². The molecule has 2 N–H and O–H groups in total. The summed E-state index contributed by atoms with van der Waals surface area (Å²) >= 11 is 0. The van der Waals surface area contributed by atoms with Crippen LogP contribution < -0.4 is 10.6 Å². The smallest absolute Gasteiger partial charge is 0.238 e. The predicted molar refractivity (Wildman–Crippen MR) is 93.7 cm³/mol. The van der Waals surface area contributed by atoms with Crippen LogP contribution in [0, 0.1) is 12.7 Å². The van der Waals surface area contributed by atoms with Gasteiger partial charge in [-0.25, -0.2) is 4.39 Å². The third-order valence-corrected chi connectivity index (χ3v) is 4.82. The number of amides is 1. The maximum Gasteiger partial charge on any atom is 0.238 e. The van der Waals surface area contributed by atoms with Gasteiger partial charge in [0.2, 0.25) is 5.91 Å². The summed E-state index contributed by atoms with van der Waals surface area (Å²) in [4.78, 5) is 12.2. The molecule has 0 spiro atoms. The Morgan fingerprint density at radius 1 is 1.40 bits per heavy atom. The minimum atomic E-state index is -0.330. The van der Waals surface area contributed by atoms with E-state index in [0.717, 1.165) is 18.7 Å². The molecule has 1 heterocycles. The summed E-state index contributed by atoms with van der Waals surface area (Å²) in [5, 5.41) is 14.2. The number of hydrogen-bond donors (Lipinski definition) is 2. The third kappa shape index (κ3) is 4.04. The Morgan fingerprint density at radius 3 is 2.92 bits per heavy atom. The molecule has 0 bridgehead atoms. The molecule has 1 saturated carbocycles.